The maximum absolute atomic E-state index is 9.69. The lowest BCUT2D eigenvalue weighted by Gasteiger charge is -2.25. The van der Waals surface area contributed by atoms with Crippen molar-refractivity contribution in [1.82, 2.24) is 0 Å². The van der Waals surface area contributed by atoms with Crippen molar-refractivity contribution in [3.05, 3.63) is 0 Å². The van der Waals surface area contributed by atoms with Crippen molar-refractivity contribution in [2.45, 2.75) is 51.2 Å². The van der Waals surface area contributed by atoms with Crippen LogP contribution in [0.2, 0.25) is 0 Å². The van der Waals surface area contributed by atoms with Gasteiger partial charge in [-0.3, -0.25) is 0 Å². The van der Waals surface area contributed by atoms with Gasteiger partial charge in [0.2, 0.25) is 0 Å². The van der Waals surface area contributed by atoms with Crippen LogP contribution in [0.4, 0.5) is 0 Å². The zero-order chi connectivity index (χ0) is 9.42. The van der Waals surface area contributed by atoms with Crippen LogP contribution >= 0.6 is 0 Å². The molecule has 5 unspecified atom stereocenters. The smallest absolute Gasteiger partial charge is 0.0691 e. The Balaban J connectivity index is 1.83. The van der Waals surface area contributed by atoms with E-state index in [2.05, 4.69) is 0 Å². The summed E-state index contributed by atoms with van der Waals surface area (Å²) in [5, 5.41) is 9.69. The molecule has 0 saturated heterocycles. The predicted octanol–water partition coefficient (Wildman–Crippen LogP) is 1.52. The summed E-state index contributed by atoms with van der Waals surface area (Å²) in [6, 6.07) is -0.0564. The van der Waals surface area contributed by atoms with E-state index in [0.717, 1.165) is 24.2 Å². The quantitative estimate of drug-likeness (QED) is 0.697. The molecule has 3 N–H and O–H groups in total. The molecule has 0 radical (unpaired) electrons. The maximum atomic E-state index is 9.69. The second-order valence-electron chi connectivity index (χ2n) is 5.10. The molecule has 5 atom stereocenters. The highest BCUT2D eigenvalue weighted by molar-refractivity contribution is 4.91. The van der Waals surface area contributed by atoms with E-state index in [9.17, 15) is 5.11 Å². The molecule has 2 fully saturated rings. The van der Waals surface area contributed by atoms with Crippen molar-refractivity contribution in [1.29, 1.82) is 0 Å². The van der Waals surface area contributed by atoms with Gasteiger partial charge in [0, 0.05) is 6.04 Å². The van der Waals surface area contributed by atoms with E-state index >= 15 is 0 Å². The fourth-order valence-corrected chi connectivity index (χ4v) is 3.19. The van der Waals surface area contributed by atoms with E-state index in [0.29, 0.717) is 0 Å². The van der Waals surface area contributed by atoms with Gasteiger partial charge in [-0.2, -0.15) is 0 Å². The highest BCUT2D eigenvalue weighted by Gasteiger charge is 2.40. The molecule has 2 bridgehead atoms. The molecule has 0 amide bonds. The molecule has 2 aliphatic carbocycles. The summed E-state index contributed by atoms with van der Waals surface area (Å²) in [5.41, 5.74) is 5.66. The van der Waals surface area contributed by atoms with E-state index in [1.807, 2.05) is 6.92 Å². The van der Waals surface area contributed by atoms with Crippen molar-refractivity contribution in [2.24, 2.45) is 23.5 Å². The predicted molar refractivity (Wildman–Crippen MR) is 53.2 cm³/mol. The van der Waals surface area contributed by atoms with Gasteiger partial charge in [0.05, 0.1) is 6.10 Å². The first-order valence-electron chi connectivity index (χ1n) is 5.60. The monoisotopic (exact) mass is 183 g/mol. The topological polar surface area (TPSA) is 46.2 Å². The van der Waals surface area contributed by atoms with Crippen molar-refractivity contribution >= 4 is 0 Å². The summed E-state index contributed by atoms with van der Waals surface area (Å²) in [6.45, 7) is 1.90. The van der Waals surface area contributed by atoms with Crippen LogP contribution in [0, 0.1) is 17.8 Å². The van der Waals surface area contributed by atoms with Gasteiger partial charge >= 0.3 is 0 Å². The number of nitrogens with two attached hydrogens (primary N) is 1. The average molecular weight is 183 g/mol. The molecule has 0 heterocycles. The van der Waals surface area contributed by atoms with Crippen LogP contribution in [-0.4, -0.2) is 17.3 Å². The second kappa shape index (κ2) is 3.58. The van der Waals surface area contributed by atoms with Crippen molar-refractivity contribution < 1.29 is 5.11 Å². The number of hydrogen-bond donors (Lipinski definition) is 2. The first-order chi connectivity index (χ1) is 6.16. The molecule has 76 valence electrons. The number of aliphatic hydroxyl groups excluding tert-OH is 1. The standard InChI is InChI=1S/C11H21NO/c1-7(12)11(13)6-10-5-8-2-3-9(10)4-8/h7-11,13H,2-6,12H2,1H3. The van der Waals surface area contributed by atoms with Crippen molar-refractivity contribution in [3.8, 4) is 0 Å². The van der Waals surface area contributed by atoms with Gasteiger partial charge in [0.25, 0.3) is 0 Å². The minimum Gasteiger partial charge on any atom is -0.392 e. The molecule has 0 aromatic heterocycles. The zero-order valence-electron chi connectivity index (χ0n) is 8.45. The fraction of sp³-hybridized carbons (Fsp3) is 1.00. The second-order valence-corrected chi connectivity index (χ2v) is 5.10. The van der Waals surface area contributed by atoms with Gasteiger partial charge < -0.3 is 10.8 Å². The number of aliphatic hydroxyl groups is 1. The lowest BCUT2D eigenvalue weighted by molar-refractivity contribution is 0.106. The molecule has 0 aromatic carbocycles. The van der Waals surface area contributed by atoms with Gasteiger partial charge in [-0.1, -0.05) is 6.42 Å². The lowest BCUT2D eigenvalue weighted by atomic mass is 9.84. The molecule has 2 heteroatoms. The molecule has 2 aliphatic rings. The highest BCUT2D eigenvalue weighted by atomic mass is 16.3. The third-order valence-electron chi connectivity index (χ3n) is 4.04. The zero-order valence-corrected chi connectivity index (χ0v) is 8.45. The molecule has 0 aliphatic heterocycles. The SMILES string of the molecule is CC(N)C(O)CC1CC2CCC1C2. The van der Waals surface area contributed by atoms with Crippen LogP contribution in [0.5, 0.6) is 0 Å². The molecule has 13 heavy (non-hydrogen) atoms. The molecule has 0 spiro atoms. The lowest BCUT2D eigenvalue weighted by Crippen LogP contribution is -2.34. The summed E-state index contributed by atoms with van der Waals surface area (Å²) in [5.74, 6) is 2.67. The molecule has 2 rings (SSSR count). The van der Waals surface area contributed by atoms with Crippen LogP contribution in [0.1, 0.15) is 39.0 Å². The average Bonchev–Trinajstić information content (AvgIpc) is 2.64. The first kappa shape index (κ1) is 9.47. The van der Waals surface area contributed by atoms with E-state index in [4.69, 9.17) is 5.73 Å². The molecule has 2 saturated carbocycles. The Labute approximate surface area is 80.5 Å². The number of rotatable bonds is 3. The normalized spacial score (nSPS) is 42.2. The van der Waals surface area contributed by atoms with Crippen molar-refractivity contribution in [3.63, 3.8) is 0 Å². The number of fused-ring (bicyclic) bond motifs is 2. The summed E-state index contributed by atoms with van der Waals surface area (Å²) in [4.78, 5) is 0. The summed E-state index contributed by atoms with van der Waals surface area (Å²) in [7, 11) is 0. The third kappa shape index (κ3) is 1.89. The Hall–Kier alpha value is -0.0800. The van der Waals surface area contributed by atoms with Crippen LogP contribution in [-0.2, 0) is 0 Å². The Bertz CT molecular complexity index is 181. The van der Waals surface area contributed by atoms with E-state index in [-0.39, 0.29) is 12.1 Å². The van der Waals surface area contributed by atoms with Gasteiger partial charge in [0.1, 0.15) is 0 Å². The van der Waals surface area contributed by atoms with Gasteiger partial charge in [0.15, 0.2) is 0 Å². The summed E-state index contributed by atoms with van der Waals surface area (Å²) in [6.07, 6.45) is 6.30. The molecule has 2 nitrogen and oxygen atoms in total. The van der Waals surface area contributed by atoms with Gasteiger partial charge in [-0.05, 0) is 50.4 Å². The van der Waals surface area contributed by atoms with E-state index in [1.54, 1.807) is 0 Å². The van der Waals surface area contributed by atoms with Crippen LogP contribution in [0.25, 0.3) is 0 Å². The first-order valence-corrected chi connectivity index (χ1v) is 5.60. The molecule has 0 aromatic rings. The third-order valence-corrected chi connectivity index (χ3v) is 4.04. The Morgan fingerprint density at radius 3 is 2.62 bits per heavy atom. The molecular weight excluding hydrogens is 162 g/mol. The number of hydrogen-bond acceptors (Lipinski definition) is 2. The van der Waals surface area contributed by atoms with Crippen LogP contribution in [0.3, 0.4) is 0 Å². The van der Waals surface area contributed by atoms with Crippen molar-refractivity contribution in [2.75, 3.05) is 0 Å². The minimum atomic E-state index is -0.274. The van der Waals surface area contributed by atoms with Gasteiger partial charge in [-0.25, -0.2) is 0 Å². The van der Waals surface area contributed by atoms with E-state index < -0.39 is 0 Å². The Morgan fingerprint density at radius 2 is 2.15 bits per heavy atom. The van der Waals surface area contributed by atoms with Gasteiger partial charge in [-0.15, -0.1) is 0 Å². The Kier molecular flexibility index (Phi) is 2.61. The summed E-state index contributed by atoms with van der Waals surface area (Å²) < 4.78 is 0. The Morgan fingerprint density at radius 1 is 1.38 bits per heavy atom. The minimum absolute atomic E-state index is 0.0564. The highest BCUT2D eigenvalue weighted by Crippen LogP contribution is 2.49. The summed E-state index contributed by atoms with van der Waals surface area (Å²) >= 11 is 0. The largest absolute Gasteiger partial charge is 0.392 e. The van der Waals surface area contributed by atoms with Crippen LogP contribution in [0.15, 0.2) is 0 Å². The molecular formula is C11H21NO. The maximum Gasteiger partial charge on any atom is 0.0691 e. The van der Waals surface area contributed by atoms with Crippen LogP contribution < -0.4 is 5.73 Å². The fourth-order valence-electron chi connectivity index (χ4n) is 3.19. The van der Waals surface area contributed by atoms with E-state index in [1.165, 1.54) is 25.7 Å².